The molecule has 1 amide bonds. The summed E-state index contributed by atoms with van der Waals surface area (Å²) in [5.74, 6) is 0.193. The Balaban J connectivity index is 1.83. The molecule has 3 aromatic heterocycles. The van der Waals surface area contributed by atoms with Crippen molar-refractivity contribution in [3.63, 3.8) is 0 Å². The molecule has 0 bridgehead atoms. The summed E-state index contributed by atoms with van der Waals surface area (Å²) < 4.78 is 1.58. The maximum atomic E-state index is 12.2. The Bertz CT molecular complexity index is 929. The number of amides is 1. The van der Waals surface area contributed by atoms with E-state index < -0.39 is 6.10 Å². The minimum absolute atomic E-state index is 0.105. The molecular weight excluding hydrogens is 326 g/mol. The molecule has 0 spiro atoms. The highest BCUT2D eigenvalue weighted by atomic mass is 32.1. The lowest BCUT2D eigenvalue weighted by molar-refractivity contribution is 0.0914. The van der Waals surface area contributed by atoms with E-state index in [9.17, 15) is 9.90 Å². The van der Waals surface area contributed by atoms with Gasteiger partial charge in [0.15, 0.2) is 5.65 Å². The van der Waals surface area contributed by atoms with Crippen LogP contribution >= 0.6 is 11.3 Å². The van der Waals surface area contributed by atoms with E-state index in [1.165, 1.54) is 16.9 Å². The van der Waals surface area contributed by atoms with Crippen molar-refractivity contribution in [3.8, 4) is 0 Å². The van der Waals surface area contributed by atoms with Gasteiger partial charge in [-0.05, 0) is 37.7 Å². The van der Waals surface area contributed by atoms with Crippen molar-refractivity contribution >= 4 is 33.1 Å². The molecule has 2 N–H and O–H groups in total. The lowest BCUT2D eigenvalue weighted by Gasteiger charge is -2.18. The first kappa shape index (κ1) is 15.5. The van der Waals surface area contributed by atoms with E-state index in [0.29, 0.717) is 11.6 Å². The molecule has 3 aromatic rings. The summed E-state index contributed by atoms with van der Waals surface area (Å²) in [7, 11) is 0. The van der Waals surface area contributed by atoms with Gasteiger partial charge in [-0.25, -0.2) is 14.5 Å². The molecule has 1 aliphatic carbocycles. The van der Waals surface area contributed by atoms with Crippen LogP contribution in [-0.4, -0.2) is 43.2 Å². The number of aryl methyl sites for hydroxylation is 1. The van der Waals surface area contributed by atoms with Gasteiger partial charge in [-0.2, -0.15) is 0 Å². The van der Waals surface area contributed by atoms with Gasteiger partial charge in [-0.1, -0.05) is 6.92 Å². The summed E-state index contributed by atoms with van der Waals surface area (Å²) in [6, 6.07) is 0. The highest BCUT2D eigenvalue weighted by Crippen LogP contribution is 2.42. The fourth-order valence-electron chi connectivity index (χ4n) is 3.30. The monoisotopic (exact) mass is 345 g/mol. The zero-order chi connectivity index (χ0) is 16.8. The van der Waals surface area contributed by atoms with Crippen molar-refractivity contribution in [2.45, 2.75) is 45.1 Å². The third-order valence-electron chi connectivity index (χ3n) is 4.44. The second kappa shape index (κ2) is 5.78. The molecule has 0 saturated carbocycles. The second-order valence-electron chi connectivity index (χ2n) is 6.42. The molecule has 1 aliphatic rings. The van der Waals surface area contributed by atoms with Gasteiger partial charge < -0.3 is 10.4 Å². The number of nitrogens with zero attached hydrogens (tertiary/aromatic N) is 4. The van der Waals surface area contributed by atoms with Gasteiger partial charge in [-0.15, -0.1) is 16.4 Å². The van der Waals surface area contributed by atoms with Crippen LogP contribution < -0.4 is 5.32 Å². The number of carbonyl (C=O) groups excluding carboxylic acids is 1. The molecule has 3 heterocycles. The Morgan fingerprint density at radius 1 is 1.58 bits per heavy atom. The zero-order valence-corrected chi connectivity index (χ0v) is 14.4. The van der Waals surface area contributed by atoms with E-state index in [2.05, 4.69) is 27.3 Å². The SMILES string of the molecule is C[C@@H]1CCCc2sc3ncn4nc(C(=O)NC[C@@H](C)O)nc4c3c21. The number of aromatic nitrogens is 4. The Hall–Kier alpha value is -2.06. The number of fused-ring (bicyclic) bond motifs is 5. The van der Waals surface area contributed by atoms with E-state index in [1.807, 2.05) is 0 Å². The van der Waals surface area contributed by atoms with Gasteiger partial charge in [0.2, 0.25) is 5.82 Å². The predicted molar refractivity (Wildman–Crippen MR) is 91.5 cm³/mol. The van der Waals surface area contributed by atoms with Gasteiger partial charge in [-0.3, -0.25) is 4.79 Å². The number of aliphatic hydroxyl groups is 1. The molecule has 8 heteroatoms. The lowest BCUT2D eigenvalue weighted by Crippen LogP contribution is -2.31. The molecule has 126 valence electrons. The standard InChI is InChI=1S/C16H19N5O2S/c1-8-4-3-5-10-11(8)12-14-19-13(15(23)17-6-9(2)22)20-21(14)7-18-16(12)24-10/h7-9,22H,3-6H2,1-2H3,(H,17,23)/t8-,9-/m1/s1. The van der Waals surface area contributed by atoms with Crippen LogP contribution in [0.2, 0.25) is 0 Å². The third kappa shape index (κ3) is 2.46. The van der Waals surface area contributed by atoms with Crippen molar-refractivity contribution in [1.82, 2.24) is 24.9 Å². The average molecular weight is 345 g/mol. The molecule has 0 unspecified atom stereocenters. The fraction of sp³-hybridized carbons (Fsp3) is 0.500. The number of aliphatic hydroxyl groups excluding tert-OH is 1. The van der Waals surface area contributed by atoms with Crippen LogP contribution in [0, 0.1) is 0 Å². The summed E-state index contributed by atoms with van der Waals surface area (Å²) in [4.78, 5) is 23.5. The summed E-state index contributed by atoms with van der Waals surface area (Å²) in [6.45, 7) is 4.02. The molecule has 4 rings (SSSR count). The van der Waals surface area contributed by atoms with Crippen LogP contribution in [0.1, 0.15) is 53.7 Å². The van der Waals surface area contributed by atoms with Gasteiger partial charge in [0.1, 0.15) is 11.2 Å². The van der Waals surface area contributed by atoms with Crippen molar-refractivity contribution in [3.05, 3.63) is 22.6 Å². The summed E-state index contributed by atoms with van der Waals surface area (Å²) in [5.41, 5.74) is 2.01. The molecule has 24 heavy (non-hydrogen) atoms. The van der Waals surface area contributed by atoms with Crippen LogP contribution in [0.25, 0.3) is 15.9 Å². The quantitative estimate of drug-likeness (QED) is 0.756. The lowest BCUT2D eigenvalue weighted by atomic mass is 9.87. The van der Waals surface area contributed by atoms with Crippen molar-refractivity contribution < 1.29 is 9.90 Å². The van der Waals surface area contributed by atoms with Crippen LogP contribution in [0.3, 0.4) is 0 Å². The van der Waals surface area contributed by atoms with E-state index in [4.69, 9.17) is 0 Å². The Morgan fingerprint density at radius 2 is 2.42 bits per heavy atom. The summed E-state index contributed by atoms with van der Waals surface area (Å²) >= 11 is 1.72. The van der Waals surface area contributed by atoms with E-state index in [0.717, 1.165) is 23.1 Å². The minimum Gasteiger partial charge on any atom is -0.392 e. The molecule has 0 radical (unpaired) electrons. The first-order valence-corrected chi connectivity index (χ1v) is 8.99. The molecule has 0 aromatic carbocycles. The minimum atomic E-state index is -0.607. The second-order valence-corrected chi connectivity index (χ2v) is 7.50. The molecule has 0 saturated heterocycles. The highest BCUT2D eigenvalue weighted by Gasteiger charge is 2.25. The largest absolute Gasteiger partial charge is 0.392 e. The number of thiophene rings is 1. The van der Waals surface area contributed by atoms with E-state index >= 15 is 0 Å². The number of carbonyl (C=O) groups is 1. The molecule has 0 fully saturated rings. The first-order valence-electron chi connectivity index (χ1n) is 8.17. The topological polar surface area (TPSA) is 92.4 Å². The van der Waals surface area contributed by atoms with Gasteiger partial charge in [0.05, 0.1) is 11.5 Å². The molecular formula is C16H19N5O2S. The maximum absolute atomic E-state index is 12.2. The molecule has 0 aliphatic heterocycles. The molecule has 7 nitrogen and oxygen atoms in total. The van der Waals surface area contributed by atoms with Crippen molar-refractivity contribution in [2.75, 3.05) is 6.54 Å². The smallest absolute Gasteiger partial charge is 0.291 e. The number of hydrogen-bond donors (Lipinski definition) is 2. The van der Waals surface area contributed by atoms with Gasteiger partial charge >= 0.3 is 0 Å². The summed E-state index contributed by atoms with van der Waals surface area (Å²) in [6.07, 6.45) is 4.46. The van der Waals surface area contributed by atoms with Crippen LogP contribution in [0.4, 0.5) is 0 Å². The maximum Gasteiger partial charge on any atom is 0.291 e. The van der Waals surface area contributed by atoms with Crippen molar-refractivity contribution in [2.24, 2.45) is 0 Å². The number of rotatable bonds is 3. The highest BCUT2D eigenvalue weighted by molar-refractivity contribution is 7.19. The first-order chi connectivity index (χ1) is 11.5. The Labute approximate surface area is 142 Å². The normalized spacial score (nSPS) is 18.7. The Morgan fingerprint density at radius 3 is 3.21 bits per heavy atom. The van der Waals surface area contributed by atoms with Crippen molar-refractivity contribution in [1.29, 1.82) is 0 Å². The fourth-order valence-corrected chi connectivity index (χ4v) is 4.60. The van der Waals surface area contributed by atoms with Crippen LogP contribution in [-0.2, 0) is 6.42 Å². The Kier molecular flexibility index (Phi) is 3.73. The van der Waals surface area contributed by atoms with E-state index in [-0.39, 0.29) is 18.3 Å². The molecule has 2 atom stereocenters. The van der Waals surface area contributed by atoms with Crippen LogP contribution in [0.15, 0.2) is 6.33 Å². The average Bonchev–Trinajstić information content (AvgIpc) is 3.13. The number of hydrogen-bond acceptors (Lipinski definition) is 6. The number of nitrogens with one attached hydrogen (secondary N) is 1. The van der Waals surface area contributed by atoms with E-state index in [1.54, 1.807) is 29.1 Å². The third-order valence-corrected chi connectivity index (χ3v) is 5.61. The summed E-state index contributed by atoms with van der Waals surface area (Å²) in [5, 5.41) is 17.2. The van der Waals surface area contributed by atoms with Gasteiger partial charge in [0.25, 0.3) is 5.91 Å². The predicted octanol–water partition coefficient (Wildman–Crippen LogP) is 1.89. The van der Waals surface area contributed by atoms with Gasteiger partial charge in [0, 0.05) is 11.4 Å². The zero-order valence-electron chi connectivity index (χ0n) is 13.6. The van der Waals surface area contributed by atoms with Crippen LogP contribution in [0.5, 0.6) is 0 Å².